The zero-order chi connectivity index (χ0) is 24.0. The molecule has 2 saturated heterocycles. The van der Waals surface area contributed by atoms with Crippen LogP contribution in [0.5, 0.6) is 0 Å². The van der Waals surface area contributed by atoms with Crippen molar-refractivity contribution in [3.63, 3.8) is 0 Å². The summed E-state index contributed by atoms with van der Waals surface area (Å²) in [5.74, 6) is -1.45. The largest absolute Gasteiger partial charge is 0.479 e. The zero-order valence-electron chi connectivity index (χ0n) is 19.5. The van der Waals surface area contributed by atoms with Gasteiger partial charge in [0.05, 0.1) is 5.92 Å². The lowest BCUT2D eigenvalue weighted by molar-refractivity contribution is -0.160. The van der Waals surface area contributed by atoms with E-state index in [1.807, 2.05) is 38.1 Å². The first-order valence-corrected chi connectivity index (χ1v) is 12.0. The van der Waals surface area contributed by atoms with Gasteiger partial charge in [0.1, 0.15) is 12.1 Å². The van der Waals surface area contributed by atoms with Crippen LogP contribution >= 0.6 is 0 Å². The molecule has 4 aliphatic rings. The molecule has 0 radical (unpaired) electrons. The van der Waals surface area contributed by atoms with E-state index in [2.05, 4.69) is 29.6 Å². The molecule has 3 fully saturated rings. The van der Waals surface area contributed by atoms with Gasteiger partial charge in [-0.2, -0.15) is 0 Å². The van der Waals surface area contributed by atoms with Crippen LogP contribution in [0.2, 0.25) is 0 Å². The maximum atomic E-state index is 13.3. The molecule has 2 aromatic rings. The van der Waals surface area contributed by atoms with Gasteiger partial charge in [-0.15, -0.1) is 0 Å². The second-order valence-corrected chi connectivity index (χ2v) is 10.1. The number of carboxylic acid groups (broad SMARTS) is 1. The standard InChI is InChI=1S/C27H30N2O5/c1-16(2)22(24(30)29-14-17-11-27(29,12-17)25(31)32)13-28-26(33)34-15-23-20-9-5-3-7-18(20)19-8-4-6-10-21(19)23/h3-10,16-17,22-23H,11-15H2,1-2H3,(H,28,33)(H,31,32). The Labute approximate surface area is 199 Å². The Morgan fingerprint density at radius 3 is 2.21 bits per heavy atom. The predicted molar refractivity (Wildman–Crippen MR) is 126 cm³/mol. The number of carbonyl (C=O) groups excluding carboxylic acids is 2. The average molecular weight is 463 g/mol. The van der Waals surface area contributed by atoms with Gasteiger partial charge in [0.15, 0.2) is 0 Å². The van der Waals surface area contributed by atoms with E-state index < -0.39 is 23.5 Å². The van der Waals surface area contributed by atoms with Gasteiger partial charge in [0, 0.05) is 19.0 Å². The van der Waals surface area contributed by atoms with Crippen LogP contribution in [0.25, 0.3) is 11.1 Å². The molecule has 0 spiro atoms. The summed E-state index contributed by atoms with van der Waals surface area (Å²) in [6.07, 6.45) is 0.483. The number of benzene rings is 2. The van der Waals surface area contributed by atoms with Gasteiger partial charge in [0.25, 0.3) is 0 Å². The van der Waals surface area contributed by atoms with Gasteiger partial charge >= 0.3 is 12.1 Å². The van der Waals surface area contributed by atoms with Crippen LogP contribution in [0, 0.1) is 17.8 Å². The van der Waals surface area contributed by atoms with E-state index in [1.54, 1.807) is 0 Å². The fraction of sp³-hybridized carbons (Fsp3) is 0.444. The molecular formula is C27H30N2O5. The third-order valence-electron chi connectivity index (χ3n) is 7.81. The minimum absolute atomic E-state index is 0.0347. The van der Waals surface area contributed by atoms with E-state index >= 15 is 0 Å². The summed E-state index contributed by atoms with van der Waals surface area (Å²) >= 11 is 0. The Balaban J connectivity index is 1.21. The Kier molecular flexibility index (Phi) is 5.58. The SMILES string of the molecule is CC(C)C(CNC(=O)OCC1c2ccccc2-c2ccccc21)C(=O)N1CC2CC1(C(=O)O)C2. The highest BCUT2D eigenvalue weighted by Crippen LogP contribution is 2.51. The fourth-order valence-corrected chi connectivity index (χ4v) is 5.92. The number of carboxylic acids is 1. The van der Waals surface area contributed by atoms with Crippen LogP contribution in [0.1, 0.15) is 43.7 Å². The highest BCUT2D eigenvalue weighted by molar-refractivity contribution is 5.91. The maximum Gasteiger partial charge on any atom is 0.407 e. The number of amides is 2. The van der Waals surface area contributed by atoms with Crippen molar-refractivity contribution in [1.29, 1.82) is 0 Å². The molecule has 2 amide bonds. The molecule has 1 atom stereocenters. The zero-order valence-corrected chi connectivity index (χ0v) is 19.5. The van der Waals surface area contributed by atoms with E-state index in [0.717, 1.165) is 22.3 Å². The molecule has 2 aliphatic carbocycles. The molecule has 34 heavy (non-hydrogen) atoms. The first kappa shape index (κ1) is 22.4. The first-order chi connectivity index (χ1) is 16.3. The van der Waals surface area contributed by atoms with E-state index in [1.165, 1.54) is 4.90 Å². The highest BCUT2D eigenvalue weighted by atomic mass is 16.5. The molecule has 2 heterocycles. The van der Waals surface area contributed by atoms with Crippen LogP contribution < -0.4 is 5.32 Å². The summed E-state index contributed by atoms with van der Waals surface area (Å²) in [6.45, 7) is 4.63. The fourth-order valence-electron chi connectivity index (χ4n) is 5.92. The van der Waals surface area contributed by atoms with Crippen LogP contribution in [0.3, 0.4) is 0 Å². The summed E-state index contributed by atoms with van der Waals surface area (Å²) in [7, 11) is 0. The third kappa shape index (κ3) is 3.54. The predicted octanol–water partition coefficient (Wildman–Crippen LogP) is 3.87. The van der Waals surface area contributed by atoms with Crippen molar-refractivity contribution in [2.75, 3.05) is 19.7 Å². The molecule has 1 unspecified atom stereocenters. The molecule has 2 N–H and O–H groups in total. The van der Waals surface area contributed by atoms with Crippen molar-refractivity contribution in [3.8, 4) is 11.1 Å². The molecule has 2 aromatic carbocycles. The Hall–Kier alpha value is -3.35. The van der Waals surface area contributed by atoms with E-state index in [4.69, 9.17) is 4.74 Å². The number of aliphatic carboxylic acids is 1. The van der Waals surface area contributed by atoms with Crippen molar-refractivity contribution in [2.24, 2.45) is 17.8 Å². The van der Waals surface area contributed by atoms with Gasteiger partial charge in [-0.25, -0.2) is 9.59 Å². The molecule has 0 aromatic heterocycles. The normalized spacial score (nSPS) is 23.1. The summed E-state index contributed by atoms with van der Waals surface area (Å²) in [5.41, 5.74) is 3.54. The summed E-state index contributed by atoms with van der Waals surface area (Å²) in [4.78, 5) is 39.2. The Bertz CT molecular complexity index is 1090. The van der Waals surface area contributed by atoms with Gasteiger partial charge in [-0.3, -0.25) is 4.79 Å². The van der Waals surface area contributed by atoms with E-state index in [0.29, 0.717) is 19.4 Å². The van der Waals surface area contributed by atoms with E-state index in [-0.39, 0.29) is 36.8 Å². The van der Waals surface area contributed by atoms with Crippen molar-refractivity contribution < 1.29 is 24.2 Å². The Morgan fingerprint density at radius 1 is 1.06 bits per heavy atom. The smallest absolute Gasteiger partial charge is 0.407 e. The molecule has 178 valence electrons. The number of rotatable bonds is 7. The second-order valence-electron chi connectivity index (χ2n) is 10.1. The Morgan fingerprint density at radius 2 is 1.65 bits per heavy atom. The quantitative estimate of drug-likeness (QED) is 0.651. The maximum absolute atomic E-state index is 13.3. The molecular weight excluding hydrogens is 432 g/mol. The van der Waals surface area contributed by atoms with Crippen molar-refractivity contribution in [1.82, 2.24) is 10.2 Å². The minimum atomic E-state index is -1.06. The third-order valence-corrected chi connectivity index (χ3v) is 7.81. The lowest BCUT2D eigenvalue weighted by atomic mass is 9.73. The molecule has 2 bridgehead atoms. The van der Waals surface area contributed by atoms with Crippen molar-refractivity contribution in [2.45, 2.75) is 38.1 Å². The van der Waals surface area contributed by atoms with Crippen LogP contribution in [-0.2, 0) is 14.3 Å². The molecule has 7 nitrogen and oxygen atoms in total. The summed E-state index contributed by atoms with van der Waals surface area (Å²) in [5, 5.41) is 12.5. The van der Waals surface area contributed by atoms with Crippen molar-refractivity contribution >= 4 is 18.0 Å². The molecule has 1 saturated carbocycles. The first-order valence-electron chi connectivity index (χ1n) is 12.0. The lowest BCUT2D eigenvalue weighted by Gasteiger charge is -2.39. The number of fused-ring (bicyclic) bond motifs is 4. The van der Waals surface area contributed by atoms with Crippen LogP contribution in [-0.4, -0.2) is 53.2 Å². The lowest BCUT2D eigenvalue weighted by Crippen LogP contribution is -2.57. The minimum Gasteiger partial charge on any atom is -0.479 e. The number of nitrogens with one attached hydrogen (secondary N) is 1. The number of carbonyl (C=O) groups is 3. The number of nitrogens with zero attached hydrogens (tertiary/aromatic N) is 1. The van der Waals surface area contributed by atoms with Crippen molar-refractivity contribution in [3.05, 3.63) is 59.7 Å². The highest BCUT2D eigenvalue weighted by Gasteiger charge is 2.63. The molecule has 2 aliphatic heterocycles. The van der Waals surface area contributed by atoms with Crippen LogP contribution in [0.4, 0.5) is 4.79 Å². The number of hydrogen-bond acceptors (Lipinski definition) is 4. The van der Waals surface area contributed by atoms with Gasteiger partial charge < -0.3 is 20.1 Å². The number of ether oxygens (including phenoxy) is 1. The summed E-state index contributed by atoms with van der Waals surface area (Å²) in [6, 6.07) is 16.3. The van der Waals surface area contributed by atoms with E-state index in [9.17, 15) is 19.5 Å². The molecule has 6 rings (SSSR count). The van der Waals surface area contributed by atoms with Gasteiger partial charge in [-0.05, 0) is 46.9 Å². The number of alkyl carbamates (subject to hydrolysis) is 1. The summed E-state index contributed by atoms with van der Waals surface area (Å²) < 4.78 is 5.59. The van der Waals surface area contributed by atoms with Gasteiger partial charge in [-0.1, -0.05) is 62.4 Å². The van der Waals surface area contributed by atoms with Gasteiger partial charge in [0.2, 0.25) is 5.91 Å². The molecule has 7 heteroatoms. The topological polar surface area (TPSA) is 95.9 Å². The monoisotopic (exact) mass is 462 g/mol. The second kappa shape index (κ2) is 8.46. The van der Waals surface area contributed by atoms with Crippen LogP contribution in [0.15, 0.2) is 48.5 Å². The number of hydrogen-bond donors (Lipinski definition) is 2. The average Bonchev–Trinajstić information content (AvgIpc) is 3.46.